The monoisotopic (exact) mass is 285 g/mol. The minimum atomic E-state index is -0.181. The van der Waals surface area contributed by atoms with Gasteiger partial charge in [-0.15, -0.1) is 10.2 Å². The van der Waals surface area contributed by atoms with Crippen molar-refractivity contribution in [2.45, 2.75) is 25.8 Å². The summed E-state index contributed by atoms with van der Waals surface area (Å²) in [5.41, 5.74) is 3.03. The molecule has 0 spiro atoms. The molecule has 1 aliphatic heterocycles. The number of hydrogen-bond donors (Lipinski definition) is 2. The predicted molar refractivity (Wildman–Crippen MR) is 80.1 cm³/mol. The fourth-order valence-corrected chi connectivity index (χ4v) is 2.64. The highest BCUT2D eigenvalue weighted by molar-refractivity contribution is 5.95. The summed E-state index contributed by atoms with van der Waals surface area (Å²) in [5.74, 6) is 0.654. The molecule has 0 radical (unpaired) electrons. The van der Waals surface area contributed by atoms with Crippen molar-refractivity contribution in [3.8, 4) is 0 Å². The van der Waals surface area contributed by atoms with E-state index in [1.807, 2.05) is 36.7 Å². The van der Waals surface area contributed by atoms with E-state index in [1.54, 1.807) is 6.33 Å². The van der Waals surface area contributed by atoms with Crippen molar-refractivity contribution in [2.24, 2.45) is 7.05 Å². The van der Waals surface area contributed by atoms with E-state index in [2.05, 4.69) is 20.8 Å². The van der Waals surface area contributed by atoms with Crippen molar-refractivity contribution < 1.29 is 4.79 Å². The van der Waals surface area contributed by atoms with E-state index in [4.69, 9.17) is 0 Å². The molecule has 2 heterocycles. The van der Waals surface area contributed by atoms with Gasteiger partial charge in [-0.1, -0.05) is 0 Å². The van der Waals surface area contributed by atoms with Gasteiger partial charge in [0.25, 0.3) is 5.91 Å². The zero-order valence-corrected chi connectivity index (χ0v) is 12.3. The second-order valence-corrected chi connectivity index (χ2v) is 5.40. The fourth-order valence-electron chi connectivity index (χ4n) is 2.64. The van der Waals surface area contributed by atoms with Crippen LogP contribution in [0.25, 0.3) is 0 Å². The Kier molecular flexibility index (Phi) is 3.60. The van der Waals surface area contributed by atoms with Crippen LogP contribution in [0.2, 0.25) is 0 Å². The van der Waals surface area contributed by atoms with Gasteiger partial charge in [-0.2, -0.15) is 0 Å². The van der Waals surface area contributed by atoms with Gasteiger partial charge >= 0.3 is 0 Å². The number of nitrogens with zero attached hydrogens (tertiary/aromatic N) is 3. The summed E-state index contributed by atoms with van der Waals surface area (Å²) in [6.45, 7) is 2.91. The highest BCUT2D eigenvalue weighted by Gasteiger charge is 2.17. The van der Waals surface area contributed by atoms with Gasteiger partial charge < -0.3 is 15.2 Å². The number of rotatable bonds is 3. The maximum Gasteiger partial charge on any atom is 0.251 e. The van der Waals surface area contributed by atoms with E-state index in [-0.39, 0.29) is 11.9 Å². The number of nitrogens with one attached hydrogen (secondary N) is 2. The lowest BCUT2D eigenvalue weighted by atomic mass is 10.0. The molecule has 2 aromatic rings. The van der Waals surface area contributed by atoms with Crippen LogP contribution >= 0.6 is 0 Å². The van der Waals surface area contributed by atoms with E-state index in [9.17, 15) is 4.79 Å². The topological polar surface area (TPSA) is 71.8 Å². The standard InChI is InChI=1S/C15H19N5O/c1-10(14-19-17-9-20(14)2)18-15(21)12-5-6-13-11(8-12)4-3-7-16-13/h5-6,8-10,16H,3-4,7H2,1-2H3,(H,18,21). The number of aryl methyl sites for hydroxylation is 2. The van der Waals surface area contributed by atoms with Crippen LogP contribution in [-0.2, 0) is 13.5 Å². The van der Waals surface area contributed by atoms with E-state index in [0.717, 1.165) is 30.9 Å². The Hall–Kier alpha value is -2.37. The van der Waals surface area contributed by atoms with Crippen LogP contribution in [0, 0.1) is 0 Å². The average Bonchev–Trinajstić information content (AvgIpc) is 2.93. The van der Waals surface area contributed by atoms with Crippen LogP contribution in [0.5, 0.6) is 0 Å². The van der Waals surface area contributed by atoms with Crippen LogP contribution in [0.4, 0.5) is 5.69 Å². The SMILES string of the molecule is CC(NC(=O)c1ccc2c(c1)CCCN2)c1nncn1C. The summed E-state index contributed by atoms with van der Waals surface area (Å²) in [4.78, 5) is 12.4. The molecule has 0 aliphatic carbocycles. The smallest absolute Gasteiger partial charge is 0.251 e. The molecule has 1 amide bonds. The molecule has 21 heavy (non-hydrogen) atoms. The molecule has 6 heteroatoms. The van der Waals surface area contributed by atoms with Gasteiger partial charge in [0.2, 0.25) is 0 Å². The third-order valence-corrected chi connectivity index (χ3v) is 3.79. The summed E-state index contributed by atoms with van der Waals surface area (Å²) in [7, 11) is 1.86. The minimum Gasteiger partial charge on any atom is -0.385 e. The number of hydrogen-bond acceptors (Lipinski definition) is 4. The van der Waals surface area contributed by atoms with E-state index < -0.39 is 0 Å². The number of fused-ring (bicyclic) bond motifs is 1. The number of aromatic nitrogens is 3. The zero-order valence-electron chi connectivity index (χ0n) is 12.3. The molecule has 1 unspecified atom stereocenters. The van der Waals surface area contributed by atoms with Crippen molar-refractivity contribution in [2.75, 3.05) is 11.9 Å². The van der Waals surface area contributed by atoms with Gasteiger partial charge in [0.05, 0.1) is 6.04 Å². The first-order chi connectivity index (χ1) is 10.1. The number of benzene rings is 1. The van der Waals surface area contributed by atoms with Gasteiger partial charge in [-0.25, -0.2) is 0 Å². The number of amides is 1. The Labute approximate surface area is 123 Å². The van der Waals surface area contributed by atoms with Crippen molar-refractivity contribution >= 4 is 11.6 Å². The lowest BCUT2D eigenvalue weighted by Gasteiger charge is -2.19. The van der Waals surface area contributed by atoms with E-state index in [0.29, 0.717) is 5.56 Å². The quantitative estimate of drug-likeness (QED) is 0.899. The predicted octanol–water partition coefficient (Wildman–Crippen LogP) is 1.66. The molecule has 1 atom stereocenters. The molecule has 1 aromatic heterocycles. The Morgan fingerprint density at radius 3 is 3.10 bits per heavy atom. The first-order valence-electron chi connectivity index (χ1n) is 7.16. The van der Waals surface area contributed by atoms with Gasteiger partial charge in [0.1, 0.15) is 6.33 Å². The molecule has 1 aromatic carbocycles. The van der Waals surface area contributed by atoms with Gasteiger partial charge in [0, 0.05) is 24.8 Å². The van der Waals surface area contributed by atoms with Crippen molar-refractivity contribution in [3.63, 3.8) is 0 Å². The Bertz CT molecular complexity index is 664. The Morgan fingerprint density at radius 2 is 2.33 bits per heavy atom. The van der Waals surface area contributed by atoms with Gasteiger partial charge in [0.15, 0.2) is 5.82 Å². The summed E-state index contributed by atoms with van der Waals surface area (Å²) < 4.78 is 1.81. The fraction of sp³-hybridized carbons (Fsp3) is 0.400. The third kappa shape index (κ3) is 2.74. The van der Waals surface area contributed by atoms with Crippen LogP contribution < -0.4 is 10.6 Å². The van der Waals surface area contributed by atoms with Gasteiger partial charge in [-0.05, 0) is 43.5 Å². The third-order valence-electron chi connectivity index (χ3n) is 3.79. The Balaban J connectivity index is 1.75. The van der Waals surface area contributed by atoms with E-state index in [1.165, 1.54) is 5.56 Å². The maximum absolute atomic E-state index is 12.4. The van der Waals surface area contributed by atoms with Crippen molar-refractivity contribution in [1.29, 1.82) is 0 Å². The van der Waals surface area contributed by atoms with Gasteiger partial charge in [-0.3, -0.25) is 4.79 Å². The largest absolute Gasteiger partial charge is 0.385 e. The molecule has 0 fully saturated rings. The zero-order chi connectivity index (χ0) is 14.8. The molecule has 1 aliphatic rings. The first-order valence-corrected chi connectivity index (χ1v) is 7.16. The summed E-state index contributed by atoms with van der Waals surface area (Å²) in [6.07, 6.45) is 3.75. The first kappa shape index (κ1) is 13.6. The van der Waals surface area contributed by atoms with E-state index >= 15 is 0 Å². The maximum atomic E-state index is 12.4. The number of carbonyl (C=O) groups excluding carboxylic acids is 1. The molecule has 0 bridgehead atoms. The molecule has 2 N–H and O–H groups in total. The molecule has 6 nitrogen and oxygen atoms in total. The normalized spacial score (nSPS) is 15.0. The van der Waals surface area contributed by atoms with Crippen LogP contribution in [0.1, 0.15) is 41.1 Å². The highest BCUT2D eigenvalue weighted by atomic mass is 16.1. The molecular formula is C15H19N5O. The second kappa shape index (κ2) is 5.55. The van der Waals surface area contributed by atoms with Crippen LogP contribution in [0.3, 0.4) is 0 Å². The molecule has 0 saturated carbocycles. The second-order valence-electron chi connectivity index (χ2n) is 5.40. The molecule has 3 rings (SSSR count). The number of carbonyl (C=O) groups is 1. The average molecular weight is 285 g/mol. The number of anilines is 1. The summed E-state index contributed by atoms with van der Waals surface area (Å²) in [6, 6.07) is 5.63. The van der Waals surface area contributed by atoms with Crippen LogP contribution in [-0.4, -0.2) is 27.2 Å². The molecular weight excluding hydrogens is 266 g/mol. The Morgan fingerprint density at radius 1 is 1.48 bits per heavy atom. The van der Waals surface area contributed by atoms with Crippen molar-refractivity contribution in [1.82, 2.24) is 20.1 Å². The molecule has 110 valence electrons. The minimum absolute atomic E-state index is 0.0844. The molecule has 0 saturated heterocycles. The van der Waals surface area contributed by atoms with Crippen LogP contribution in [0.15, 0.2) is 24.5 Å². The highest BCUT2D eigenvalue weighted by Crippen LogP contribution is 2.23. The lowest BCUT2D eigenvalue weighted by Crippen LogP contribution is -2.28. The lowest BCUT2D eigenvalue weighted by molar-refractivity contribution is 0.0937. The van der Waals surface area contributed by atoms with Crippen molar-refractivity contribution in [3.05, 3.63) is 41.5 Å². The summed E-state index contributed by atoms with van der Waals surface area (Å²) >= 11 is 0. The summed E-state index contributed by atoms with van der Waals surface area (Å²) in [5, 5.41) is 14.2.